The molecule has 26 heavy (non-hydrogen) atoms. The van der Waals surface area contributed by atoms with Gasteiger partial charge >= 0.3 is 0 Å². The van der Waals surface area contributed by atoms with Gasteiger partial charge in [0, 0.05) is 24.3 Å². The van der Waals surface area contributed by atoms with Crippen LogP contribution in [-0.2, 0) is 6.42 Å². The summed E-state index contributed by atoms with van der Waals surface area (Å²) < 4.78 is 5.28. The standard InChI is InChI=1S/C21H30N4O/c1-16-14-20(22-13-12-17-8-7-11-19(15-17)26-2)25-21(23-16)24-18-9-5-3-4-6-10-18/h7-8,11,14-15,18H,3-6,9-10,12-13H2,1-2H3,(H2,22,23,24,25). The Bertz CT molecular complexity index is 696. The predicted molar refractivity (Wildman–Crippen MR) is 107 cm³/mol. The number of rotatable bonds is 7. The summed E-state index contributed by atoms with van der Waals surface area (Å²) in [5.41, 5.74) is 2.24. The van der Waals surface area contributed by atoms with Crippen LogP contribution in [-0.4, -0.2) is 29.7 Å². The second-order valence-corrected chi connectivity index (χ2v) is 7.08. The minimum absolute atomic E-state index is 0.504. The van der Waals surface area contributed by atoms with Crippen LogP contribution in [0, 0.1) is 6.92 Å². The SMILES string of the molecule is COc1cccc(CCNc2cc(C)nc(NC3CCCCCC3)n2)c1. The summed E-state index contributed by atoms with van der Waals surface area (Å²) in [5, 5.41) is 6.98. The van der Waals surface area contributed by atoms with Crippen molar-refractivity contribution in [1.29, 1.82) is 0 Å². The Morgan fingerprint density at radius 2 is 1.88 bits per heavy atom. The molecule has 1 heterocycles. The van der Waals surface area contributed by atoms with Crippen LogP contribution < -0.4 is 15.4 Å². The fourth-order valence-corrected chi connectivity index (χ4v) is 3.49. The number of ether oxygens (including phenoxy) is 1. The van der Waals surface area contributed by atoms with Crippen LogP contribution >= 0.6 is 0 Å². The van der Waals surface area contributed by atoms with Gasteiger partial charge in [0.05, 0.1) is 7.11 Å². The van der Waals surface area contributed by atoms with E-state index in [9.17, 15) is 0 Å². The number of hydrogen-bond acceptors (Lipinski definition) is 5. The highest BCUT2D eigenvalue weighted by atomic mass is 16.5. The summed E-state index contributed by atoms with van der Waals surface area (Å²) in [6.45, 7) is 2.85. The molecule has 0 unspecified atom stereocenters. The van der Waals surface area contributed by atoms with E-state index < -0.39 is 0 Å². The quantitative estimate of drug-likeness (QED) is 0.713. The van der Waals surface area contributed by atoms with Crippen molar-refractivity contribution in [1.82, 2.24) is 9.97 Å². The average molecular weight is 354 g/mol. The Morgan fingerprint density at radius 3 is 2.65 bits per heavy atom. The van der Waals surface area contributed by atoms with Gasteiger partial charge in [-0.05, 0) is 43.9 Å². The molecule has 0 amide bonds. The third-order valence-electron chi connectivity index (χ3n) is 4.90. The Kier molecular flexibility index (Phi) is 6.69. The lowest BCUT2D eigenvalue weighted by atomic mass is 10.1. The molecule has 1 aromatic heterocycles. The van der Waals surface area contributed by atoms with Gasteiger partial charge in [0.25, 0.3) is 0 Å². The van der Waals surface area contributed by atoms with Crippen LogP contribution in [0.1, 0.15) is 49.8 Å². The zero-order valence-electron chi connectivity index (χ0n) is 15.9. The van der Waals surface area contributed by atoms with Crippen LogP contribution in [0.15, 0.2) is 30.3 Å². The normalized spacial score (nSPS) is 15.3. The molecule has 5 nitrogen and oxygen atoms in total. The van der Waals surface area contributed by atoms with Crippen molar-refractivity contribution in [2.75, 3.05) is 24.3 Å². The van der Waals surface area contributed by atoms with Gasteiger partial charge in [0.2, 0.25) is 5.95 Å². The largest absolute Gasteiger partial charge is 0.497 e. The van der Waals surface area contributed by atoms with E-state index in [0.29, 0.717) is 6.04 Å². The molecule has 0 radical (unpaired) electrons. The number of anilines is 2. The first-order valence-electron chi connectivity index (χ1n) is 9.72. The van der Waals surface area contributed by atoms with Gasteiger partial charge in [-0.15, -0.1) is 0 Å². The maximum absolute atomic E-state index is 5.28. The summed E-state index contributed by atoms with van der Waals surface area (Å²) >= 11 is 0. The molecule has 5 heteroatoms. The Morgan fingerprint density at radius 1 is 1.08 bits per heavy atom. The number of nitrogens with one attached hydrogen (secondary N) is 2. The highest BCUT2D eigenvalue weighted by molar-refractivity contribution is 5.43. The summed E-state index contributed by atoms with van der Waals surface area (Å²) in [6, 6.07) is 10.7. The van der Waals surface area contributed by atoms with Gasteiger partial charge < -0.3 is 15.4 Å². The molecule has 140 valence electrons. The zero-order chi connectivity index (χ0) is 18.2. The topological polar surface area (TPSA) is 59.1 Å². The van der Waals surface area contributed by atoms with Crippen molar-refractivity contribution in [2.24, 2.45) is 0 Å². The zero-order valence-corrected chi connectivity index (χ0v) is 15.9. The van der Waals surface area contributed by atoms with E-state index in [-0.39, 0.29) is 0 Å². The Hall–Kier alpha value is -2.30. The van der Waals surface area contributed by atoms with Crippen molar-refractivity contribution in [3.05, 3.63) is 41.6 Å². The van der Waals surface area contributed by atoms with Gasteiger partial charge in [-0.2, -0.15) is 4.98 Å². The summed E-state index contributed by atoms with van der Waals surface area (Å²) in [4.78, 5) is 9.23. The number of benzene rings is 1. The van der Waals surface area contributed by atoms with Crippen LogP contribution in [0.5, 0.6) is 5.75 Å². The van der Waals surface area contributed by atoms with Gasteiger partial charge in [-0.3, -0.25) is 0 Å². The van der Waals surface area contributed by atoms with E-state index in [1.807, 2.05) is 25.1 Å². The van der Waals surface area contributed by atoms with Crippen LogP contribution in [0.2, 0.25) is 0 Å². The molecule has 0 atom stereocenters. The molecule has 1 saturated carbocycles. The van der Waals surface area contributed by atoms with Crippen molar-refractivity contribution in [3.63, 3.8) is 0 Å². The second kappa shape index (κ2) is 9.41. The van der Waals surface area contributed by atoms with Gasteiger partial charge in [-0.1, -0.05) is 37.8 Å². The van der Waals surface area contributed by atoms with E-state index in [1.54, 1.807) is 7.11 Å². The van der Waals surface area contributed by atoms with E-state index >= 15 is 0 Å². The fraction of sp³-hybridized carbons (Fsp3) is 0.524. The summed E-state index contributed by atoms with van der Waals surface area (Å²) in [6.07, 6.45) is 8.66. The first kappa shape index (κ1) is 18.5. The van der Waals surface area contributed by atoms with Crippen molar-refractivity contribution in [3.8, 4) is 5.75 Å². The molecular weight excluding hydrogens is 324 g/mol. The minimum Gasteiger partial charge on any atom is -0.497 e. The number of aromatic nitrogens is 2. The smallest absolute Gasteiger partial charge is 0.225 e. The number of nitrogens with zero attached hydrogens (tertiary/aromatic N) is 2. The van der Waals surface area contributed by atoms with Crippen LogP contribution in [0.4, 0.5) is 11.8 Å². The number of aryl methyl sites for hydroxylation is 1. The molecule has 1 aliphatic rings. The second-order valence-electron chi connectivity index (χ2n) is 7.08. The molecular formula is C21H30N4O. The fourth-order valence-electron chi connectivity index (χ4n) is 3.49. The Balaban J connectivity index is 1.56. The van der Waals surface area contributed by atoms with Crippen LogP contribution in [0.3, 0.4) is 0 Å². The molecule has 3 rings (SSSR count). The maximum Gasteiger partial charge on any atom is 0.225 e. The molecule has 0 saturated heterocycles. The van der Waals surface area contributed by atoms with Crippen molar-refractivity contribution in [2.45, 2.75) is 57.9 Å². The van der Waals surface area contributed by atoms with Gasteiger partial charge in [-0.25, -0.2) is 4.98 Å². The molecule has 0 spiro atoms. The first-order chi connectivity index (χ1) is 12.7. The lowest BCUT2D eigenvalue weighted by Crippen LogP contribution is -2.20. The van der Waals surface area contributed by atoms with E-state index in [2.05, 4.69) is 32.7 Å². The summed E-state index contributed by atoms with van der Waals surface area (Å²) in [5.74, 6) is 2.53. The molecule has 1 aliphatic carbocycles. The molecule has 1 aromatic carbocycles. The lowest BCUT2D eigenvalue weighted by molar-refractivity contribution is 0.414. The van der Waals surface area contributed by atoms with E-state index in [0.717, 1.165) is 36.2 Å². The third kappa shape index (κ3) is 5.61. The van der Waals surface area contributed by atoms with Crippen molar-refractivity contribution >= 4 is 11.8 Å². The number of hydrogen-bond donors (Lipinski definition) is 2. The molecule has 2 N–H and O–H groups in total. The average Bonchev–Trinajstić information content (AvgIpc) is 2.90. The molecule has 0 bridgehead atoms. The number of methoxy groups -OCH3 is 1. The highest BCUT2D eigenvalue weighted by Gasteiger charge is 2.13. The van der Waals surface area contributed by atoms with E-state index in [1.165, 1.54) is 44.1 Å². The van der Waals surface area contributed by atoms with E-state index in [4.69, 9.17) is 4.74 Å². The van der Waals surface area contributed by atoms with Gasteiger partial charge in [0.1, 0.15) is 11.6 Å². The lowest BCUT2D eigenvalue weighted by Gasteiger charge is -2.17. The highest BCUT2D eigenvalue weighted by Crippen LogP contribution is 2.20. The van der Waals surface area contributed by atoms with Crippen molar-refractivity contribution < 1.29 is 4.74 Å². The summed E-state index contributed by atoms with van der Waals surface area (Å²) in [7, 11) is 1.70. The molecule has 2 aromatic rings. The Labute approximate surface area is 156 Å². The molecule has 0 aliphatic heterocycles. The maximum atomic E-state index is 5.28. The first-order valence-corrected chi connectivity index (χ1v) is 9.72. The molecule has 1 fully saturated rings. The van der Waals surface area contributed by atoms with Gasteiger partial charge in [0.15, 0.2) is 0 Å². The third-order valence-corrected chi connectivity index (χ3v) is 4.90. The predicted octanol–water partition coefficient (Wildman–Crippen LogP) is 4.58. The van der Waals surface area contributed by atoms with Crippen LogP contribution in [0.25, 0.3) is 0 Å². The minimum atomic E-state index is 0.504. The monoisotopic (exact) mass is 354 g/mol.